The topological polar surface area (TPSA) is 65.1 Å². The van der Waals surface area contributed by atoms with Crippen LogP contribution in [-0.2, 0) is 6.54 Å². The molecule has 0 N–H and O–H groups in total. The van der Waals surface area contributed by atoms with E-state index >= 15 is 0 Å². The molecule has 0 amide bonds. The van der Waals surface area contributed by atoms with Crippen molar-refractivity contribution in [2.45, 2.75) is 6.54 Å². The first-order valence-electron chi connectivity index (χ1n) is 5.27. The summed E-state index contributed by atoms with van der Waals surface area (Å²) in [7, 11) is 0. The van der Waals surface area contributed by atoms with Gasteiger partial charge in [-0.25, -0.2) is 0 Å². The molecule has 1 aromatic heterocycles. The van der Waals surface area contributed by atoms with Gasteiger partial charge in [0, 0.05) is 11.2 Å². The third-order valence-electron chi connectivity index (χ3n) is 2.51. The van der Waals surface area contributed by atoms with E-state index in [0.717, 1.165) is 5.56 Å². The molecule has 0 saturated heterocycles. The van der Waals surface area contributed by atoms with Crippen molar-refractivity contribution in [2.24, 2.45) is 0 Å². The van der Waals surface area contributed by atoms with Gasteiger partial charge in [0.25, 0.3) is 0 Å². The number of rotatable bonds is 3. The Bertz CT molecular complexity index is 698. The van der Waals surface area contributed by atoms with Gasteiger partial charge in [-0.1, -0.05) is 35.3 Å². The lowest BCUT2D eigenvalue weighted by atomic mass is 10.2. The molecule has 0 saturated carbocycles. The van der Waals surface area contributed by atoms with E-state index in [1.54, 1.807) is 24.3 Å². The zero-order valence-electron chi connectivity index (χ0n) is 9.55. The van der Waals surface area contributed by atoms with E-state index in [4.69, 9.17) is 23.2 Å². The number of nitro groups is 1. The van der Waals surface area contributed by atoms with E-state index in [1.807, 2.05) is 0 Å². The third kappa shape index (κ3) is 2.94. The Kier molecular flexibility index (Phi) is 3.87. The zero-order valence-corrected chi connectivity index (χ0v) is 11.1. The van der Waals surface area contributed by atoms with Crippen LogP contribution in [0, 0.1) is 10.1 Å². The minimum absolute atomic E-state index is 0.169. The fourth-order valence-corrected chi connectivity index (χ4v) is 2.08. The Balaban J connectivity index is 2.45. The standard InChI is InChI=1S/C12H8Cl2N2O3/c13-9-3-1-2-8(6-9)7-15-5-4-10(14)11(12(15)17)16(18)19/h1-6H,7H2. The van der Waals surface area contributed by atoms with Crippen LogP contribution in [0.15, 0.2) is 41.3 Å². The second-order valence-corrected chi connectivity index (χ2v) is 4.68. The van der Waals surface area contributed by atoms with E-state index in [1.165, 1.54) is 16.8 Å². The molecule has 0 bridgehead atoms. The van der Waals surface area contributed by atoms with Crippen LogP contribution in [0.4, 0.5) is 5.69 Å². The van der Waals surface area contributed by atoms with Gasteiger partial charge in [0.1, 0.15) is 5.02 Å². The number of benzene rings is 1. The number of halogens is 2. The number of hydrogen-bond acceptors (Lipinski definition) is 3. The van der Waals surface area contributed by atoms with E-state index in [9.17, 15) is 14.9 Å². The average molecular weight is 299 g/mol. The Morgan fingerprint density at radius 1 is 1.26 bits per heavy atom. The van der Waals surface area contributed by atoms with E-state index in [-0.39, 0.29) is 11.6 Å². The third-order valence-corrected chi connectivity index (χ3v) is 3.06. The van der Waals surface area contributed by atoms with Crippen LogP contribution in [0.2, 0.25) is 10.0 Å². The fraction of sp³-hybridized carbons (Fsp3) is 0.0833. The number of hydrogen-bond donors (Lipinski definition) is 0. The number of nitrogens with zero attached hydrogens (tertiary/aromatic N) is 2. The Hall–Kier alpha value is -1.85. The Labute approximate surface area is 118 Å². The molecule has 5 nitrogen and oxygen atoms in total. The SMILES string of the molecule is O=c1c([N+](=O)[O-])c(Cl)ccn1Cc1cccc(Cl)c1. The van der Waals surface area contributed by atoms with Gasteiger partial charge in [-0.15, -0.1) is 0 Å². The number of pyridine rings is 1. The summed E-state index contributed by atoms with van der Waals surface area (Å²) in [5, 5.41) is 11.2. The molecule has 19 heavy (non-hydrogen) atoms. The molecule has 98 valence electrons. The Morgan fingerprint density at radius 2 is 2.00 bits per heavy atom. The van der Waals surface area contributed by atoms with Crippen molar-refractivity contribution in [2.75, 3.05) is 0 Å². The van der Waals surface area contributed by atoms with Crippen LogP contribution >= 0.6 is 23.2 Å². The lowest BCUT2D eigenvalue weighted by Gasteiger charge is -2.06. The van der Waals surface area contributed by atoms with Crippen molar-refractivity contribution in [3.05, 3.63) is 72.6 Å². The average Bonchev–Trinajstić information content (AvgIpc) is 2.32. The maximum Gasteiger partial charge on any atom is 0.352 e. The quantitative estimate of drug-likeness (QED) is 0.646. The van der Waals surface area contributed by atoms with Gasteiger partial charge >= 0.3 is 11.2 Å². The molecule has 0 atom stereocenters. The molecule has 0 fully saturated rings. The van der Waals surface area contributed by atoms with Gasteiger partial charge in [-0.05, 0) is 23.8 Å². The van der Waals surface area contributed by atoms with Crippen LogP contribution in [-0.4, -0.2) is 9.49 Å². The van der Waals surface area contributed by atoms with Crippen molar-refractivity contribution >= 4 is 28.9 Å². The van der Waals surface area contributed by atoms with Gasteiger partial charge < -0.3 is 4.57 Å². The summed E-state index contributed by atoms with van der Waals surface area (Å²) in [6.45, 7) is 0.192. The van der Waals surface area contributed by atoms with Crippen LogP contribution < -0.4 is 5.56 Å². The normalized spacial score (nSPS) is 10.4. The van der Waals surface area contributed by atoms with E-state index in [0.29, 0.717) is 5.02 Å². The maximum atomic E-state index is 11.9. The maximum absolute atomic E-state index is 11.9. The molecule has 0 aliphatic heterocycles. The van der Waals surface area contributed by atoms with Crippen molar-refractivity contribution in [1.82, 2.24) is 4.57 Å². The van der Waals surface area contributed by atoms with Crippen molar-refractivity contribution in [3.63, 3.8) is 0 Å². The molecule has 7 heteroatoms. The van der Waals surface area contributed by atoms with Gasteiger partial charge in [0.05, 0.1) is 11.5 Å². The molecule has 0 aliphatic rings. The molecule has 0 unspecified atom stereocenters. The van der Waals surface area contributed by atoms with E-state index in [2.05, 4.69) is 0 Å². The van der Waals surface area contributed by atoms with Crippen molar-refractivity contribution < 1.29 is 4.92 Å². The monoisotopic (exact) mass is 298 g/mol. The fourth-order valence-electron chi connectivity index (χ4n) is 1.66. The summed E-state index contributed by atoms with van der Waals surface area (Å²) >= 11 is 11.5. The summed E-state index contributed by atoms with van der Waals surface area (Å²) in [4.78, 5) is 21.9. The molecule has 2 rings (SSSR count). The van der Waals surface area contributed by atoms with Crippen LogP contribution in [0.3, 0.4) is 0 Å². The molecule has 0 spiro atoms. The van der Waals surface area contributed by atoms with Gasteiger partial charge in [-0.2, -0.15) is 0 Å². The second kappa shape index (κ2) is 5.42. The van der Waals surface area contributed by atoms with Crippen LogP contribution in [0.5, 0.6) is 0 Å². The van der Waals surface area contributed by atoms with Crippen molar-refractivity contribution in [1.29, 1.82) is 0 Å². The molecule has 1 heterocycles. The summed E-state index contributed by atoms with van der Waals surface area (Å²) < 4.78 is 1.22. The molecular weight excluding hydrogens is 291 g/mol. The summed E-state index contributed by atoms with van der Waals surface area (Å²) in [6.07, 6.45) is 1.42. The molecular formula is C12H8Cl2N2O3. The van der Waals surface area contributed by atoms with Crippen molar-refractivity contribution in [3.8, 4) is 0 Å². The molecule has 1 aromatic carbocycles. The first-order valence-corrected chi connectivity index (χ1v) is 6.02. The first kappa shape index (κ1) is 13.6. The summed E-state index contributed by atoms with van der Waals surface area (Å²) in [6, 6.07) is 8.24. The highest BCUT2D eigenvalue weighted by atomic mass is 35.5. The van der Waals surface area contributed by atoms with Gasteiger partial charge in [0.2, 0.25) is 0 Å². The van der Waals surface area contributed by atoms with Crippen LogP contribution in [0.25, 0.3) is 0 Å². The predicted molar refractivity (Wildman–Crippen MR) is 72.9 cm³/mol. The van der Waals surface area contributed by atoms with Gasteiger partial charge in [-0.3, -0.25) is 14.9 Å². The molecule has 0 aliphatic carbocycles. The largest absolute Gasteiger partial charge is 0.352 e. The molecule has 2 aromatic rings. The second-order valence-electron chi connectivity index (χ2n) is 3.83. The van der Waals surface area contributed by atoms with Gasteiger partial charge in [0.15, 0.2) is 0 Å². The first-order chi connectivity index (χ1) is 8.99. The summed E-state index contributed by atoms with van der Waals surface area (Å²) in [5.41, 5.74) is -0.588. The lowest BCUT2D eigenvalue weighted by molar-refractivity contribution is -0.386. The highest BCUT2D eigenvalue weighted by molar-refractivity contribution is 6.32. The van der Waals surface area contributed by atoms with E-state index < -0.39 is 16.2 Å². The zero-order chi connectivity index (χ0) is 14.0. The highest BCUT2D eigenvalue weighted by Crippen LogP contribution is 2.19. The minimum Gasteiger partial charge on any atom is -0.305 e. The highest BCUT2D eigenvalue weighted by Gasteiger charge is 2.19. The predicted octanol–water partition coefficient (Wildman–Crippen LogP) is 3.11. The smallest absolute Gasteiger partial charge is 0.305 e. The summed E-state index contributed by atoms with van der Waals surface area (Å²) in [5.74, 6) is 0. The number of aromatic nitrogens is 1. The Morgan fingerprint density at radius 3 is 2.63 bits per heavy atom. The molecule has 0 radical (unpaired) electrons. The lowest BCUT2D eigenvalue weighted by Crippen LogP contribution is -2.22. The minimum atomic E-state index is -0.779. The van der Waals surface area contributed by atoms with Crippen LogP contribution in [0.1, 0.15) is 5.56 Å².